The zero-order valence-electron chi connectivity index (χ0n) is 17.4. The number of thiazole rings is 1. The van der Waals surface area contributed by atoms with Crippen LogP contribution in [0, 0.1) is 0 Å². The van der Waals surface area contributed by atoms with Crippen LogP contribution in [0.3, 0.4) is 0 Å². The minimum absolute atomic E-state index is 0. The smallest absolute Gasteiger partial charge is 0.223 e. The predicted octanol–water partition coefficient (Wildman–Crippen LogP) is 3.82. The van der Waals surface area contributed by atoms with Crippen molar-refractivity contribution in [1.82, 2.24) is 14.5 Å². The van der Waals surface area contributed by atoms with Gasteiger partial charge in [0.1, 0.15) is 5.03 Å². The van der Waals surface area contributed by atoms with Gasteiger partial charge in [0.2, 0.25) is 5.91 Å². The number of aromatic amines is 1. The normalized spacial score (nSPS) is 15.4. The maximum absolute atomic E-state index is 12.7. The van der Waals surface area contributed by atoms with Crippen LogP contribution in [0.15, 0.2) is 45.9 Å². The van der Waals surface area contributed by atoms with Gasteiger partial charge in [-0.25, -0.2) is 8.42 Å². The Bertz CT molecular complexity index is 1240. The van der Waals surface area contributed by atoms with Crippen LogP contribution in [0.25, 0.3) is 10.9 Å². The lowest BCUT2D eigenvalue weighted by Gasteiger charge is -2.30. The van der Waals surface area contributed by atoms with Gasteiger partial charge in [0.05, 0.1) is 11.8 Å². The molecule has 32 heavy (non-hydrogen) atoms. The van der Waals surface area contributed by atoms with E-state index in [9.17, 15) is 13.2 Å². The molecule has 176 valence electrons. The molecule has 2 aromatic heterocycles. The Balaban J connectivity index is 0.00000181. The number of fused-ring (bicyclic) bond motifs is 1. The third-order valence-electron chi connectivity index (χ3n) is 5.35. The number of aromatic nitrogens is 2. The first-order valence-corrected chi connectivity index (χ1v) is 12.7. The lowest BCUT2D eigenvalue weighted by Crippen LogP contribution is -2.40. The van der Waals surface area contributed by atoms with Crippen molar-refractivity contribution in [3.05, 3.63) is 45.7 Å². The van der Waals surface area contributed by atoms with Gasteiger partial charge in [-0.05, 0) is 37.1 Å². The summed E-state index contributed by atoms with van der Waals surface area (Å²) in [5.74, 6) is -0.347. The Labute approximate surface area is 208 Å². The van der Waals surface area contributed by atoms with Crippen molar-refractivity contribution in [1.29, 1.82) is 0 Å². The number of piperidine rings is 1. The second-order valence-corrected chi connectivity index (χ2v) is 10.9. The van der Waals surface area contributed by atoms with E-state index < -0.39 is 9.84 Å². The first kappa shape index (κ1) is 26.7. The van der Waals surface area contributed by atoms with Crippen LogP contribution in [0.5, 0.6) is 0 Å². The third-order valence-corrected chi connectivity index (χ3v) is 8.08. The summed E-state index contributed by atoms with van der Waals surface area (Å²) in [6.45, 7) is 1.21. The molecule has 12 heteroatoms. The highest BCUT2D eigenvalue weighted by molar-refractivity contribution is 7.91. The topological polar surface area (TPSA) is 87.5 Å². The summed E-state index contributed by atoms with van der Waals surface area (Å²) in [7, 11) is -1.62. The molecule has 7 nitrogen and oxygen atoms in total. The summed E-state index contributed by atoms with van der Waals surface area (Å²) in [6.07, 6.45) is 3.53. The number of carbonyl (C=O) groups is 1. The SMILES string of the molecule is Cl.Cl.Cn1ccs/c1=N\C1CCN(C(=O)CCS(=O)(=O)c2cc3cc(Cl)ccc3[nH]2)CC1. The standard InChI is InChI=1S/C20H23ClN4O3S2.2ClH/c1-24-9-10-29-20(24)22-16-4-7-25(8-5-16)19(26)6-11-30(27,28)18-13-14-12-15(21)2-3-17(14)23-18;;/h2-3,9-10,12-13,16,23H,4-8,11H2,1H3;2*1H/b22-20-;;. The van der Waals surface area contributed by atoms with Crippen LogP contribution in [0.1, 0.15) is 19.3 Å². The fourth-order valence-electron chi connectivity index (χ4n) is 3.59. The molecule has 0 aliphatic carbocycles. The van der Waals surface area contributed by atoms with E-state index in [-0.39, 0.29) is 54.0 Å². The quantitative estimate of drug-likeness (QED) is 0.535. The Kier molecular flexibility index (Phi) is 9.25. The Morgan fingerprint density at radius 3 is 2.62 bits per heavy atom. The van der Waals surface area contributed by atoms with E-state index in [0.29, 0.717) is 23.6 Å². The van der Waals surface area contributed by atoms with Gasteiger partial charge in [-0.15, -0.1) is 36.2 Å². The van der Waals surface area contributed by atoms with Crippen LogP contribution in [0.4, 0.5) is 0 Å². The van der Waals surface area contributed by atoms with E-state index in [2.05, 4.69) is 4.98 Å². The highest BCUT2D eigenvalue weighted by atomic mass is 35.5. The molecule has 0 saturated carbocycles. The zero-order valence-corrected chi connectivity index (χ0v) is 21.4. The fourth-order valence-corrected chi connectivity index (χ4v) is 5.80. The molecule has 0 unspecified atom stereocenters. The molecule has 1 saturated heterocycles. The molecule has 1 N–H and O–H groups in total. The first-order chi connectivity index (χ1) is 14.3. The Morgan fingerprint density at radius 2 is 1.97 bits per heavy atom. The maximum atomic E-state index is 12.7. The minimum Gasteiger partial charge on any atom is -0.346 e. The summed E-state index contributed by atoms with van der Waals surface area (Å²) in [5.41, 5.74) is 0.703. The summed E-state index contributed by atoms with van der Waals surface area (Å²) in [6, 6.07) is 6.92. The predicted molar refractivity (Wildman–Crippen MR) is 133 cm³/mol. The lowest BCUT2D eigenvalue weighted by atomic mass is 10.1. The molecule has 0 bridgehead atoms. The monoisotopic (exact) mass is 538 g/mol. The summed E-state index contributed by atoms with van der Waals surface area (Å²) >= 11 is 7.57. The van der Waals surface area contributed by atoms with Crippen molar-refractivity contribution >= 4 is 74.4 Å². The zero-order chi connectivity index (χ0) is 21.3. The number of aryl methyl sites for hydroxylation is 1. The number of halogens is 3. The van der Waals surface area contributed by atoms with Crippen LogP contribution in [0.2, 0.25) is 5.02 Å². The van der Waals surface area contributed by atoms with Crippen LogP contribution >= 0.6 is 47.8 Å². The van der Waals surface area contributed by atoms with E-state index in [1.54, 1.807) is 40.5 Å². The molecule has 1 fully saturated rings. The highest BCUT2D eigenvalue weighted by Crippen LogP contribution is 2.23. The molecule has 0 spiro atoms. The molecule has 1 aliphatic rings. The van der Waals surface area contributed by atoms with Gasteiger partial charge < -0.3 is 14.5 Å². The van der Waals surface area contributed by atoms with Crippen LogP contribution in [-0.4, -0.2) is 53.7 Å². The van der Waals surface area contributed by atoms with Crippen molar-refractivity contribution in [3.8, 4) is 0 Å². The van der Waals surface area contributed by atoms with Crippen molar-refractivity contribution < 1.29 is 13.2 Å². The summed E-state index contributed by atoms with van der Waals surface area (Å²) in [4.78, 5) is 23.0. The number of nitrogens with zero attached hydrogens (tertiary/aromatic N) is 3. The van der Waals surface area contributed by atoms with Gasteiger partial charge in [0, 0.05) is 54.1 Å². The van der Waals surface area contributed by atoms with E-state index in [1.807, 2.05) is 23.2 Å². The molecule has 0 radical (unpaired) electrons. The van der Waals surface area contributed by atoms with E-state index >= 15 is 0 Å². The first-order valence-electron chi connectivity index (χ1n) is 9.74. The number of carbonyl (C=O) groups excluding carboxylic acids is 1. The van der Waals surface area contributed by atoms with Crippen molar-refractivity contribution in [2.75, 3.05) is 18.8 Å². The van der Waals surface area contributed by atoms with Gasteiger partial charge in [-0.3, -0.25) is 9.79 Å². The number of hydrogen-bond acceptors (Lipinski definition) is 5. The van der Waals surface area contributed by atoms with Crippen LogP contribution < -0.4 is 4.80 Å². The number of rotatable bonds is 5. The largest absolute Gasteiger partial charge is 0.346 e. The average Bonchev–Trinajstić information content (AvgIpc) is 3.33. The lowest BCUT2D eigenvalue weighted by molar-refractivity contribution is -0.131. The molecular formula is C20H25Cl3N4O3S2. The summed E-state index contributed by atoms with van der Waals surface area (Å²) in [5, 5.41) is 3.40. The number of H-pyrrole nitrogens is 1. The van der Waals surface area contributed by atoms with Gasteiger partial charge in [-0.2, -0.15) is 0 Å². The van der Waals surface area contributed by atoms with E-state index in [1.165, 1.54) is 0 Å². The Hall–Kier alpha value is -1.52. The third kappa shape index (κ3) is 6.08. The number of benzene rings is 1. The number of amides is 1. The maximum Gasteiger partial charge on any atom is 0.223 e. The number of sulfone groups is 1. The van der Waals surface area contributed by atoms with E-state index in [4.69, 9.17) is 16.6 Å². The second kappa shape index (κ2) is 11.1. The van der Waals surface area contributed by atoms with Crippen LogP contribution in [-0.2, 0) is 21.7 Å². The molecule has 3 heterocycles. The van der Waals surface area contributed by atoms with Gasteiger partial charge >= 0.3 is 0 Å². The molecule has 4 rings (SSSR count). The van der Waals surface area contributed by atoms with Gasteiger partial charge in [0.15, 0.2) is 14.6 Å². The number of likely N-dealkylation sites (tertiary alicyclic amines) is 1. The Morgan fingerprint density at radius 1 is 1.25 bits per heavy atom. The molecule has 1 amide bonds. The molecular weight excluding hydrogens is 515 g/mol. The second-order valence-electron chi connectivity index (χ2n) is 7.47. The molecule has 1 aliphatic heterocycles. The highest BCUT2D eigenvalue weighted by Gasteiger charge is 2.25. The van der Waals surface area contributed by atoms with Gasteiger partial charge in [0.25, 0.3) is 0 Å². The van der Waals surface area contributed by atoms with Crippen molar-refractivity contribution in [2.24, 2.45) is 12.0 Å². The average molecular weight is 540 g/mol. The molecule has 1 aromatic carbocycles. The minimum atomic E-state index is -3.58. The molecule has 3 aromatic rings. The number of nitrogens with one attached hydrogen (secondary N) is 1. The van der Waals surface area contributed by atoms with Crippen molar-refractivity contribution in [3.63, 3.8) is 0 Å². The van der Waals surface area contributed by atoms with Gasteiger partial charge in [-0.1, -0.05) is 11.6 Å². The number of hydrogen-bond donors (Lipinski definition) is 1. The fraction of sp³-hybridized carbons (Fsp3) is 0.400. The van der Waals surface area contributed by atoms with E-state index in [0.717, 1.165) is 23.0 Å². The summed E-state index contributed by atoms with van der Waals surface area (Å²) < 4.78 is 27.4. The molecule has 0 atom stereocenters. The van der Waals surface area contributed by atoms with Crippen molar-refractivity contribution in [2.45, 2.75) is 30.3 Å².